The van der Waals surface area contributed by atoms with E-state index in [2.05, 4.69) is 4.98 Å². The number of aromatic nitrogens is 2. The van der Waals surface area contributed by atoms with E-state index in [9.17, 15) is 4.39 Å². The summed E-state index contributed by atoms with van der Waals surface area (Å²) in [6, 6.07) is 0.0418. The zero-order chi connectivity index (χ0) is 11.6. The molecule has 0 aliphatic heterocycles. The van der Waals surface area contributed by atoms with Crippen LogP contribution in [0.2, 0.25) is 0 Å². The van der Waals surface area contributed by atoms with Gasteiger partial charge in [-0.2, -0.15) is 0 Å². The Morgan fingerprint density at radius 2 is 2.50 bits per heavy atom. The average molecular weight is 225 g/mol. The van der Waals surface area contributed by atoms with Crippen LogP contribution in [0, 0.1) is 0 Å². The zero-order valence-corrected chi connectivity index (χ0v) is 9.82. The highest BCUT2D eigenvalue weighted by Crippen LogP contribution is 2.34. The molecule has 1 aromatic rings. The minimum absolute atomic E-state index is 0.0418. The van der Waals surface area contributed by atoms with Crippen LogP contribution in [-0.2, 0) is 13.5 Å². The maximum atomic E-state index is 14.4. The Bertz CT molecular complexity index is 350. The van der Waals surface area contributed by atoms with E-state index in [4.69, 9.17) is 5.73 Å². The van der Waals surface area contributed by atoms with E-state index in [1.165, 1.54) is 0 Å². The summed E-state index contributed by atoms with van der Waals surface area (Å²) in [5.41, 5.74) is 4.76. The van der Waals surface area contributed by atoms with E-state index in [0.717, 1.165) is 18.7 Å². The van der Waals surface area contributed by atoms with Crippen molar-refractivity contribution in [2.45, 2.75) is 50.2 Å². The molecule has 0 spiro atoms. The van der Waals surface area contributed by atoms with E-state index < -0.39 is 5.67 Å². The molecule has 0 aromatic carbocycles. The van der Waals surface area contributed by atoms with Crippen LogP contribution in [-0.4, -0.2) is 21.3 Å². The van der Waals surface area contributed by atoms with Crippen molar-refractivity contribution in [3.8, 4) is 0 Å². The second kappa shape index (κ2) is 4.53. The Morgan fingerprint density at radius 1 is 1.69 bits per heavy atom. The fourth-order valence-electron chi connectivity index (χ4n) is 2.56. The van der Waals surface area contributed by atoms with Crippen molar-refractivity contribution in [2.75, 3.05) is 0 Å². The van der Waals surface area contributed by atoms with Crippen LogP contribution in [0.25, 0.3) is 0 Å². The minimum Gasteiger partial charge on any atom is -0.338 e. The van der Waals surface area contributed by atoms with Crippen molar-refractivity contribution in [2.24, 2.45) is 12.8 Å². The molecule has 1 fully saturated rings. The molecule has 0 amide bonds. The van der Waals surface area contributed by atoms with Crippen molar-refractivity contribution in [1.29, 1.82) is 0 Å². The molecule has 16 heavy (non-hydrogen) atoms. The summed E-state index contributed by atoms with van der Waals surface area (Å²) in [5, 5.41) is 0. The number of halogens is 1. The SMILES string of the molecule is Cn1ccnc1CCC1(F)CCCC(N)C1. The molecule has 3 nitrogen and oxygen atoms in total. The van der Waals surface area contributed by atoms with Crippen molar-refractivity contribution in [3.05, 3.63) is 18.2 Å². The predicted molar refractivity (Wildman–Crippen MR) is 61.8 cm³/mol. The van der Waals surface area contributed by atoms with Gasteiger partial charge in [0.25, 0.3) is 0 Å². The highest BCUT2D eigenvalue weighted by atomic mass is 19.1. The third kappa shape index (κ3) is 2.61. The van der Waals surface area contributed by atoms with Crippen LogP contribution < -0.4 is 5.73 Å². The second-order valence-electron chi connectivity index (χ2n) is 4.96. The number of nitrogens with two attached hydrogens (primary N) is 1. The zero-order valence-electron chi connectivity index (χ0n) is 9.82. The first-order valence-corrected chi connectivity index (χ1v) is 6.00. The van der Waals surface area contributed by atoms with Gasteiger partial charge in [-0.1, -0.05) is 0 Å². The van der Waals surface area contributed by atoms with Gasteiger partial charge in [0, 0.05) is 31.9 Å². The summed E-state index contributed by atoms with van der Waals surface area (Å²) < 4.78 is 16.4. The highest BCUT2D eigenvalue weighted by Gasteiger charge is 2.34. The van der Waals surface area contributed by atoms with Crippen molar-refractivity contribution in [3.63, 3.8) is 0 Å². The molecule has 2 N–H and O–H groups in total. The summed E-state index contributed by atoms with van der Waals surface area (Å²) >= 11 is 0. The molecule has 1 heterocycles. The monoisotopic (exact) mass is 225 g/mol. The van der Waals surface area contributed by atoms with Gasteiger partial charge in [0.2, 0.25) is 0 Å². The molecule has 1 aliphatic rings. The largest absolute Gasteiger partial charge is 0.338 e. The number of rotatable bonds is 3. The summed E-state index contributed by atoms with van der Waals surface area (Å²) in [5.74, 6) is 0.955. The second-order valence-corrected chi connectivity index (χ2v) is 4.96. The topological polar surface area (TPSA) is 43.8 Å². The van der Waals surface area contributed by atoms with Crippen molar-refractivity contribution >= 4 is 0 Å². The smallest absolute Gasteiger partial charge is 0.113 e. The van der Waals surface area contributed by atoms with Crippen LogP contribution in [0.4, 0.5) is 4.39 Å². The number of aryl methyl sites for hydroxylation is 2. The molecular weight excluding hydrogens is 205 g/mol. The number of nitrogens with zero attached hydrogens (tertiary/aromatic N) is 2. The average Bonchev–Trinajstić information content (AvgIpc) is 2.61. The normalized spacial score (nSPS) is 30.6. The van der Waals surface area contributed by atoms with Crippen LogP contribution in [0.1, 0.15) is 37.9 Å². The summed E-state index contributed by atoms with van der Waals surface area (Å²) in [4.78, 5) is 4.22. The Balaban J connectivity index is 1.91. The lowest BCUT2D eigenvalue weighted by Crippen LogP contribution is -2.38. The van der Waals surface area contributed by atoms with Crippen LogP contribution in [0.3, 0.4) is 0 Å². The van der Waals surface area contributed by atoms with E-state index in [0.29, 0.717) is 25.7 Å². The Kier molecular flexibility index (Phi) is 3.28. The standard InChI is InChI=1S/C12H20FN3/c1-16-8-7-15-11(16)4-6-12(13)5-2-3-10(14)9-12/h7-8,10H,2-6,9,14H2,1H3. The molecule has 90 valence electrons. The van der Waals surface area contributed by atoms with E-state index in [-0.39, 0.29) is 6.04 Å². The van der Waals surface area contributed by atoms with E-state index in [1.54, 1.807) is 6.20 Å². The number of imidazole rings is 1. The molecule has 0 saturated heterocycles. The molecule has 0 bridgehead atoms. The molecular formula is C12H20FN3. The summed E-state index contributed by atoms with van der Waals surface area (Å²) in [6.07, 6.45) is 7.95. The first-order chi connectivity index (χ1) is 7.59. The fourth-order valence-corrected chi connectivity index (χ4v) is 2.56. The van der Waals surface area contributed by atoms with Gasteiger partial charge in [0.1, 0.15) is 11.5 Å². The number of hydrogen-bond acceptors (Lipinski definition) is 2. The minimum atomic E-state index is -1.07. The predicted octanol–water partition coefficient (Wildman–Crippen LogP) is 1.96. The quantitative estimate of drug-likeness (QED) is 0.854. The van der Waals surface area contributed by atoms with Gasteiger partial charge in [0.15, 0.2) is 0 Å². The molecule has 4 heteroatoms. The lowest BCUT2D eigenvalue weighted by atomic mass is 9.81. The lowest BCUT2D eigenvalue weighted by Gasteiger charge is -2.33. The van der Waals surface area contributed by atoms with Gasteiger partial charge in [-0.15, -0.1) is 0 Å². The van der Waals surface area contributed by atoms with Crippen molar-refractivity contribution in [1.82, 2.24) is 9.55 Å². The van der Waals surface area contributed by atoms with Gasteiger partial charge in [0.05, 0.1) is 0 Å². The van der Waals surface area contributed by atoms with Crippen molar-refractivity contribution < 1.29 is 4.39 Å². The van der Waals surface area contributed by atoms with Gasteiger partial charge in [-0.25, -0.2) is 9.37 Å². The molecule has 2 atom stereocenters. The molecule has 1 aliphatic carbocycles. The Labute approximate surface area is 95.9 Å². The summed E-state index contributed by atoms with van der Waals surface area (Å²) in [6.45, 7) is 0. The third-order valence-electron chi connectivity index (χ3n) is 3.55. The van der Waals surface area contributed by atoms with E-state index >= 15 is 0 Å². The van der Waals surface area contributed by atoms with Gasteiger partial charge >= 0.3 is 0 Å². The maximum Gasteiger partial charge on any atom is 0.113 e. The van der Waals surface area contributed by atoms with Gasteiger partial charge < -0.3 is 10.3 Å². The van der Waals surface area contributed by atoms with E-state index in [1.807, 2.05) is 17.8 Å². The lowest BCUT2D eigenvalue weighted by molar-refractivity contribution is 0.0857. The van der Waals surface area contributed by atoms with Crippen LogP contribution in [0.15, 0.2) is 12.4 Å². The maximum absolute atomic E-state index is 14.4. The number of alkyl halides is 1. The first kappa shape index (κ1) is 11.6. The fraction of sp³-hybridized carbons (Fsp3) is 0.750. The Hall–Kier alpha value is -0.900. The van der Waals surface area contributed by atoms with Gasteiger partial charge in [-0.05, 0) is 32.1 Å². The summed E-state index contributed by atoms with van der Waals surface area (Å²) in [7, 11) is 1.94. The molecule has 2 rings (SSSR count). The molecule has 1 aromatic heterocycles. The molecule has 1 saturated carbocycles. The number of hydrogen-bond donors (Lipinski definition) is 1. The molecule has 0 radical (unpaired) electrons. The third-order valence-corrected chi connectivity index (χ3v) is 3.55. The van der Waals surface area contributed by atoms with Gasteiger partial charge in [-0.3, -0.25) is 0 Å². The van der Waals surface area contributed by atoms with Crippen LogP contribution in [0.5, 0.6) is 0 Å². The van der Waals surface area contributed by atoms with Crippen LogP contribution >= 0.6 is 0 Å². The first-order valence-electron chi connectivity index (χ1n) is 6.00. The molecule has 2 unspecified atom stereocenters. The Morgan fingerprint density at radius 3 is 3.12 bits per heavy atom. The highest BCUT2D eigenvalue weighted by molar-refractivity contribution is 4.96.